The Kier molecular flexibility index (Phi) is 6.81. The van der Waals surface area contributed by atoms with E-state index in [-0.39, 0.29) is 17.5 Å². The van der Waals surface area contributed by atoms with Crippen LogP contribution >= 0.6 is 23.5 Å². The maximum absolute atomic E-state index is 13.0. The number of hydrogen-bond acceptors (Lipinski definition) is 6. The Labute approximate surface area is 176 Å². The van der Waals surface area contributed by atoms with Gasteiger partial charge in [-0.2, -0.15) is 0 Å². The number of aliphatic hydroxyl groups excluding tert-OH is 1. The van der Waals surface area contributed by atoms with Crippen LogP contribution in [0.2, 0.25) is 0 Å². The van der Waals surface area contributed by atoms with Gasteiger partial charge in [0.1, 0.15) is 12.4 Å². The van der Waals surface area contributed by atoms with Gasteiger partial charge in [-0.15, -0.1) is 23.5 Å². The fourth-order valence-corrected chi connectivity index (χ4v) is 6.87. The summed E-state index contributed by atoms with van der Waals surface area (Å²) >= 11 is 3.82. The average Bonchev–Trinajstić information content (AvgIpc) is 2.68. The first kappa shape index (κ1) is 21.3. The molecule has 0 aromatic heterocycles. The second-order valence-corrected chi connectivity index (χ2v) is 9.51. The quantitative estimate of drug-likeness (QED) is 0.478. The van der Waals surface area contributed by atoms with Gasteiger partial charge in [0.15, 0.2) is 5.78 Å². The first-order valence-electron chi connectivity index (χ1n) is 9.94. The third kappa shape index (κ3) is 3.86. The van der Waals surface area contributed by atoms with Gasteiger partial charge < -0.3 is 9.94 Å². The first-order chi connectivity index (χ1) is 13.4. The van der Waals surface area contributed by atoms with E-state index in [1.165, 1.54) is 32.0 Å². The van der Waals surface area contributed by atoms with Crippen LogP contribution in [0.15, 0.2) is 26.3 Å². The molecule has 6 heteroatoms. The highest BCUT2D eigenvalue weighted by atomic mass is 32.2. The number of oxime groups is 1. The molecule has 1 aliphatic carbocycles. The van der Waals surface area contributed by atoms with Crippen molar-refractivity contribution in [3.8, 4) is 0 Å². The summed E-state index contributed by atoms with van der Waals surface area (Å²) in [4.78, 5) is 20.9. The Bertz CT molecular complexity index is 858. The van der Waals surface area contributed by atoms with Crippen LogP contribution in [0.3, 0.4) is 0 Å². The number of rotatable bonds is 5. The SMILES string of the molecule is CCO/N=C(/CC)C1=C(O)CC(c2c(C)c(C)c(C)c3c2SCCS3)CC1=O. The summed E-state index contributed by atoms with van der Waals surface area (Å²) in [5.41, 5.74) is 6.09. The van der Waals surface area contributed by atoms with Gasteiger partial charge in [-0.1, -0.05) is 12.1 Å². The van der Waals surface area contributed by atoms with Gasteiger partial charge in [0.05, 0.1) is 11.3 Å². The lowest BCUT2D eigenvalue weighted by atomic mass is 9.78. The molecule has 1 aliphatic heterocycles. The molecular formula is C22H29NO3S2. The first-order valence-corrected chi connectivity index (χ1v) is 11.9. The monoisotopic (exact) mass is 419 g/mol. The average molecular weight is 420 g/mol. The maximum atomic E-state index is 13.0. The number of carbonyl (C=O) groups is 1. The van der Waals surface area contributed by atoms with Crippen LogP contribution in [0.4, 0.5) is 0 Å². The molecule has 1 aromatic rings. The van der Waals surface area contributed by atoms with Crippen LogP contribution in [0.1, 0.15) is 61.3 Å². The van der Waals surface area contributed by atoms with Gasteiger partial charge in [0.2, 0.25) is 0 Å². The van der Waals surface area contributed by atoms with E-state index in [1.807, 2.05) is 37.4 Å². The van der Waals surface area contributed by atoms with E-state index < -0.39 is 0 Å². The molecule has 28 heavy (non-hydrogen) atoms. The predicted molar refractivity (Wildman–Crippen MR) is 118 cm³/mol. The minimum Gasteiger partial charge on any atom is -0.511 e. The van der Waals surface area contributed by atoms with Gasteiger partial charge in [-0.05, 0) is 62.3 Å². The Morgan fingerprint density at radius 2 is 1.75 bits per heavy atom. The number of ketones is 1. The Balaban J connectivity index is 2.04. The van der Waals surface area contributed by atoms with E-state index in [0.29, 0.717) is 37.2 Å². The number of thioether (sulfide) groups is 2. The van der Waals surface area contributed by atoms with Crippen LogP contribution in [0, 0.1) is 20.8 Å². The van der Waals surface area contributed by atoms with Crippen molar-refractivity contribution in [1.82, 2.24) is 0 Å². The topological polar surface area (TPSA) is 58.9 Å². The number of fused-ring (bicyclic) bond motifs is 1. The van der Waals surface area contributed by atoms with Gasteiger partial charge in [-0.25, -0.2) is 0 Å². The minimum absolute atomic E-state index is 0.0145. The van der Waals surface area contributed by atoms with Gasteiger partial charge >= 0.3 is 0 Å². The van der Waals surface area contributed by atoms with Crippen LogP contribution in [0.5, 0.6) is 0 Å². The smallest absolute Gasteiger partial charge is 0.168 e. The van der Waals surface area contributed by atoms with E-state index >= 15 is 0 Å². The van der Waals surface area contributed by atoms with Crippen LogP contribution < -0.4 is 0 Å². The molecule has 0 saturated heterocycles. The van der Waals surface area contributed by atoms with E-state index in [0.717, 1.165) is 11.5 Å². The largest absolute Gasteiger partial charge is 0.511 e. The fourth-order valence-electron chi connectivity index (χ4n) is 4.07. The van der Waals surface area contributed by atoms with E-state index in [2.05, 4.69) is 25.9 Å². The lowest BCUT2D eigenvalue weighted by Gasteiger charge is -2.31. The summed E-state index contributed by atoms with van der Waals surface area (Å²) in [7, 11) is 0. The van der Waals surface area contributed by atoms with Crippen LogP contribution in [-0.4, -0.2) is 34.7 Å². The summed E-state index contributed by atoms with van der Waals surface area (Å²) in [5.74, 6) is 2.34. The van der Waals surface area contributed by atoms with Crippen molar-refractivity contribution < 1.29 is 14.7 Å². The van der Waals surface area contributed by atoms with Crippen molar-refractivity contribution in [2.75, 3.05) is 18.1 Å². The molecule has 0 fully saturated rings. The second kappa shape index (κ2) is 8.95. The normalized spacial score (nSPS) is 20.4. The molecule has 1 aromatic carbocycles. The highest BCUT2D eigenvalue weighted by Crippen LogP contribution is 2.49. The zero-order valence-corrected chi connectivity index (χ0v) is 19.0. The summed E-state index contributed by atoms with van der Waals surface area (Å²) in [6, 6.07) is 0. The van der Waals surface area contributed by atoms with Crippen molar-refractivity contribution in [1.29, 1.82) is 0 Å². The second-order valence-electron chi connectivity index (χ2n) is 7.30. The van der Waals surface area contributed by atoms with Crippen molar-refractivity contribution in [2.45, 2.75) is 69.6 Å². The van der Waals surface area contributed by atoms with E-state index in [1.54, 1.807) is 0 Å². The zero-order chi connectivity index (χ0) is 20.4. The molecular weight excluding hydrogens is 390 g/mol. The number of benzene rings is 1. The number of hydrogen-bond donors (Lipinski definition) is 1. The summed E-state index contributed by atoms with van der Waals surface area (Å²) in [6.45, 7) is 10.7. The summed E-state index contributed by atoms with van der Waals surface area (Å²) in [6.07, 6.45) is 1.44. The number of carbonyl (C=O) groups excluding carboxylic acids is 1. The fraction of sp³-hybridized carbons (Fsp3) is 0.545. The third-order valence-electron chi connectivity index (χ3n) is 5.67. The highest BCUT2D eigenvalue weighted by molar-refractivity contribution is 8.05. The third-order valence-corrected chi connectivity index (χ3v) is 8.39. The van der Waals surface area contributed by atoms with E-state index in [4.69, 9.17) is 4.84 Å². The molecule has 1 N–H and O–H groups in total. The number of allylic oxidation sites excluding steroid dienone is 2. The maximum Gasteiger partial charge on any atom is 0.168 e. The van der Waals surface area contributed by atoms with Crippen molar-refractivity contribution in [2.24, 2.45) is 5.16 Å². The zero-order valence-electron chi connectivity index (χ0n) is 17.3. The Morgan fingerprint density at radius 3 is 2.36 bits per heavy atom. The molecule has 0 radical (unpaired) electrons. The Morgan fingerprint density at radius 1 is 1.07 bits per heavy atom. The molecule has 1 atom stereocenters. The molecule has 0 bridgehead atoms. The predicted octanol–water partition coefficient (Wildman–Crippen LogP) is 5.87. The van der Waals surface area contributed by atoms with Crippen LogP contribution in [-0.2, 0) is 9.63 Å². The van der Waals surface area contributed by atoms with Crippen molar-refractivity contribution >= 4 is 35.0 Å². The number of nitrogens with zero attached hydrogens (tertiary/aromatic N) is 1. The molecule has 1 unspecified atom stereocenters. The lowest BCUT2D eigenvalue weighted by Crippen LogP contribution is -2.25. The molecule has 0 spiro atoms. The Hall–Kier alpha value is -1.40. The minimum atomic E-state index is -0.0334. The van der Waals surface area contributed by atoms with Gasteiger partial charge in [-0.3, -0.25) is 4.79 Å². The molecule has 4 nitrogen and oxygen atoms in total. The van der Waals surface area contributed by atoms with Gasteiger partial charge in [0, 0.05) is 34.1 Å². The van der Waals surface area contributed by atoms with Crippen molar-refractivity contribution in [3.05, 3.63) is 33.6 Å². The standard InChI is InChI=1S/C22H29NO3S2/c1-6-16(23-26-7-2)20-17(24)10-15(11-18(20)25)19-13(4)12(3)14(5)21-22(19)28-9-8-27-21/h15,24H,6-11H2,1-5H3/b23-16-. The van der Waals surface area contributed by atoms with E-state index in [9.17, 15) is 9.90 Å². The summed E-state index contributed by atoms with van der Waals surface area (Å²) in [5, 5.41) is 14.9. The van der Waals surface area contributed by atoms with Crippen molar-refractivity contribution in [3.63, 3.8) is 0 Å². The summed E-state index contributed by atoms with van der Waals surface area (Å²) < 4.78 is 0. The molecule has 0 saturated carbocycles. The highest BCUT2D eigenvalue weighted by Gasteiger charge is 2.35. The van der Waals surface area contributed by atoms with Gasteiger partial charge in [0.25, 0.3) is 0 Å². The molecule has 152 valence electrons. The lowest BCUT2D eigenvalue weighted by molar-refractivity contribution is -0.116. The molecule has 3 rings (SSSR count). The number of aliphatic hydroxyl groups is 1. The number of Topliss-reactive ketones (excluding diaryl/α,β-unsaturated/α-hetero) is 1. The molecule has 0 amide bonds. The van der Waals surface area contributed by atoms with Crippen LogP contribution in [0.25, 0.3) is 0 Å². The molecule has 1 heterocycles. The molecule has 2 aliphatic rings.